The van der Waals surface area contributed by atoms with Crippen LogP contribution in [0.1, 0.15) is 10.4 Å². The molecule has 0 saturated heterocycles. The SMILES string of the molecule is COc1ccncc1C(=O)Nc1cc(F)c(Oc2ccnc3cc(OCOC(F)F)ccc23)c(F)c1. The maximum atomic E-state index is 14.8. The zero-order valence-electron chi connectivity index (χ0n) is 18.5. The third kappa shape index (κ3) is 5.61. The number of fused-ring (bicyclic) bond motifs is 1. The van der Waals surface area contributed by atoms with E-state index in [0.29, 0.717) is 10.9 Å². The lowest BCUT2D eigenvalue weighted by atomic mass is 10.2. The number of benzene rings is 2. The van der Waals surface area contributed by atoms with Crippen LogP contribution in [0.4, 0.5) is 23.2 Å². The molecule has 2 heterocycles. The van der Waals surface area contributed by atoms with Gasteiger partial charge >= 0.3 is 6.61 Å². The number of halogens is 4. The van der Waals surface area contributed by atoms with Gasteiger partial charge in [-0.15, -0.1) is 0 Å². The van der Waals surface area contributed by atoms with Gasteiger partial charge in [-0.25, -0.2) is 8.78 Å². The Hall–Kier alpha value is -4.45. The van der Waals surface area contributed by atoms with Crippen molar-refractivity contribution in [2.75, 3.05) is 19.2 Å². The van der Waals surface area contributed by atoms with E-state index in [1.54, 1.807) is 0 Å². The number of hydrogen-bond acceptors (Lipinski definition) is 7. The van der Waals surface area contributed by atoms with E-state index in [1.165, 1.54) is 56.0 Å². The standard InChI is InChI=1S/C24H17F4N3O5/c1-33-20-4-6-29-11-16(20)23(32)31-13-8-17(25)22(18(26)9-13)36-21-5-7-30-19-10-14(2-3-15(19)21)34-12-35-24(27)28/h2-11,24H,12H2,1H3,(H,31,32). The predicted molar refractivity (Wildman–Crippen MR) is 120 cm³/mol. The molecule has 0 aliphatic heterocycles. The maximum absolute atomic E-state index is 14.8. The van der Waals surface area contributed by atoms with E-state index in [0.717, 1.165) is 12.1 Å². The number of hydrogen-bond donors (Lipinski definition) is 1. The molecule has 0 fully saturated rings. The summed E-state index contributed by atoms with van der Waals surface area (Å²) in [5, 5.41) is 2.76. The normalized spacial score (nSPS) is 10.9. The van der Waals surface area contributed by atoms with E-state index in [1.807, 2.05) is 0 Å². The summed E-state index contributed by atoms with van der Waals surface area (Å²) in [6, 6.07) is 9.01. The van der Waals surface area contributed by atoms with Crippen LogP contribution in [0.15, 0.2) is 61.1 Å². The summed E-state index contributed by atoms with van der Waals surface area (Å²) in [6.45, 7) is -3.65. The first kappa shape index (κ1) is 24.7. The number of methoxy groups -OCH3 is 1. The molecule has 0 radical (unpaired) electrons. The highest BCUT2D eigenvalue weighted by molar-refractivity contribution is 6.06. The zero-order valence-corrected chi connectivity index (χ0v) is 18.5. The molecule has 4 rings (SSSR count). The van der Waals surface area contributed by atoms with Gasteiger partial charge in [-0.05, 0) is 24.3 Å². The van der Waals surface area contributed by atoms with Crippen molar-refractivity contribution in [2.45, 2.75) is 6.61 Å². The van der Waals surface area contributed by atoms with Gasteiger partial charge in [0.05, 0.1) is 18.2 Å². The Labute approximate surface area is 201 Å². The van der Waals surface area contributed by atoms with Crippen molar-refractivity contribution in [3.05, 3.63) is 78.3 Å². The minimum Gasteiger partial charge on any atom is -0.496 e. The summed E-state index contributed by atoms with van der Waals surface area (Å²) >= 11 is 0. The van der Waals surface area contributed by atoms with E-state index in [9.17, 15) is 22.4 Å². The Morgan fingerprint density at radius 2 is 1.78 bits per heavy atom. The van der Waals surface area contributed by atoms with Crippen LogP contribution < -0.4 is 19.5 Å². The van der Waals surface area contributed by atoms with Crippen molar-refractivity contribution in [2.24, 2.45) is 0 Å². The lowest BCUT2D eigenvalue weighted by Gasteiger charge is -2.13. The monoisotopic (exact) mass is 503 g/mol. The Bertz CT molecular complexity index is 1380. The van der Waals surface area contributed by atoms with Gasteiger partial charge in [0.2, 0.25) is 0 Å². The minimum atomic E-state index is -2.98. The van der Waals surface area contributed by atoms with Crippen molar-refractivity contribution in [1.82, 2.24) is 9.97 Å². The van der Waals surface area contributed by atoms with E-state index < -0.39 is 36.7 Å². The average Bonchev–Trinajstić information content (AvgIpc) is 2.86. The van der Waals surface area contributed by atoms with E-state index in [2.05, 4.69) is 20.0 Å². The fourth-order valence-electron chi connectivity index (χ4n) is 3.20. The summed E-state index contributed by atoms with van der Waals surface area (Å²) < 4.78 is 73.5. The highest BCUT2D eigenvalue weighted by Crippen LogP contribution is 2.35. The molecule has 0 aliphatic carbocycles. The first-order valence-electron chi connectivity index (χ1n) is 10.2. The highest BCUT2D eigenvalue weighted by Gasteiger charge is 2.18. The van der Waals surface area contributed by atoms with Crippen LogP contribution in [0.5, 0.6) is 23.0 Å². The maximum Gasteiger partial charge on any atom is 0.348 e. The topological polar surface area (TPSA) is 91.8 Å². The molecule has 4 aromatic rings. The number of alkyl halides is 2. The van der Waals surface area contributed by atoms with E-state index in [-0.39, 0.29) is 28.5 Å². The van der Waals surface area contributed by atoms with Gasteiger partial charge in [-0.3, -0.25) is 19.5 Å². The third-order valence-electron chi connectivity index (χ3n) is 4.81. The average molecular weight is 503 g/mol. The number of nitrogens with zero attached hydrogens (tertiary/aromatic N) is 2. The fourth-order valence-corrected chi connectivity index (χ4v) is 3.20. The largest absolute Gasteiger partial charge is 0.496 e. The number of rotatable bonds is 9. The number of anilines is 1. The smallest absolute Gasteiger partial charge is 0.348 e. The van der Waals surface area contributed by atoms with Gasteiger partial charge in [0, 0.05) is 47.9 Å². The van der Waals surface area contributed by atoms with Gasteiger partial charge in [0.15, 0.2) is 24.2 Å². The molecule has 2 aromatic carbocycles. The molecule has 8 nitrogen and oxygen atoms in total. The molecule has 0 atom stereocenters. The minimum absolute atomic E-state index is 0.0741. The van der Waals surface area contributed by atoms with Crippen LogP contribution in [-0.2, 0) is 4.74 Å². The van der Waals surface area contributed by atoms with Crippen molar-refractivity contribution in [3.63, 3.8) is 0 Å². The lowest BCUT2D eigenvalue weighted by Crippen LogP contribution is -2.14. The second-order valence-electron chi connectivity index (χ2n) is 7.08. The highest BCUT2D eigenvalue weighted by atomic mass is 19.3. The van der Waals surface area contributed by atoms with Crippen molar-refractivity contribution < 1.29 is 41.3 Å². The number of amides is 1. The van der Waals surface area contributed by atoms with Gasteiger partial charge in [-0.1, -0.05) is 0 Å². The quantitative estimate of drug-likeness (QED) is 0.237. The fraction of sp³-hybridized carbons (Fsp3) is 0.125. The Morgan fingerprint density at radius 1 is 1.03 bits per heavy atom. The molecule has 186 valence electrons. The Kier molecular flexibility index (Phi) is 7.44. The Morgan fingerprint density at radius 3 is 2.50 bits per heavy atom. The molecule has 0 bridgehead atoms. The third-order valence-corrected chi connectivity index (χ3v) is 4.81. The second kappa shape index (κ2) is 10.9. The number of pyridine rings is 2. The first-order valence-corrected chi connectivity index (χ1v) is 10.2. The van der Waals surface area contributed by atoms with Crippen molar-refractivity contribution in [3.8, 4) is 23.0 Å². The van der Waals surface area contributed by atoms with Gasteiger partial charge in [0.25, 0.3) is 5.91 Å². The van der Waals surface area contributed by atoms with Gasteiger partial charge in [-0.2, -0.15) is 8.78 Å². The molecule has 36 heavy (non-hydrogen) atoms. The number of nitrogens with one attached hydrogen (secondary N) is 1. The van der Waals surface area contributed by atoms with E-state index >= 15 is 0 Å². The van der Waals surface area contributed by atoms with Crippen LogP contribution in [-0.4, -0.2) is 36.4 Å². The second-order valence-corrected chi connectivity index (χ2v) is 7.08. The molecule has 2 aromatic heterocycles. The molecule has 1 amide bonds. The molecule has 0 unspecified atom stereocenters. The molecular formula is C24H17F4N3O5. The summed E-state index contributed by atoms with van der Waals surface area (Å²) in [4.78, 5) is 20.5. The Balaban J connectivity index is 1.54. The molecule has 0 spiro atoms. The molecule has 12 heteroatoms. The predicted octanol–water partition coefficient (Wildman–Crippen LogP) is 5.54. The van der Waals surface area contributed by atoms with Crippen LogP contribution in [0, 0.1) is 11.6 Å². The number of carbonyl (C=O) groups is 1. The summed E-state index contributed by atoms with van der Waals surface area (Å²) in [7, 11) is 1.37. The van der Waals surface area contributed by atoms with Crippen LogP contribution >= 0.6 is 0 Å². The zero-order chi connectivity index (χ0) is 25.7. The summed E-state index contributed by atoms with van der Waals surface area (Å²) in [5.74, 6) is -3.02. The van der Waals surface area contributed by atoms with Crippen molar-refractivity contribution >= 4 is 22.5 Å². The first-order chi connectivity index (χ1) is 17.4. The van der Waals surface area contributed by atoms with Gasteiger partial charge in [0.1, 0.15) is 17.2 Å². The number of carbonyl (C=O) groups excluding carboxylic acids is 1. The van der Waals surface area contributed by atoms with E-state index in [4.69, 9.17) is 14.2 Å². The molecule has 0 saturated carbocycles. The molecular weight excluding hydrogens is 486 g/mol. The number of aromatic nitrogens is 2. The molecule has 0 aliphatic rings. The van der Waals surface area contributed by atoms with Gasteiger partial charge < -0.3 is 19.5 Å². The summed E-state index contributed by atoms with van der Waals surface area (Å²) in [6.07, 6.45) is 4.03. The molecule has 1 N–H and O–H groups in total. The van der Waals surface area contributed by atoms with Crippen LogP contribution in [0.3, 0.4) is 0 Å². The van der Waals surface area contributed by atoms with Crippen molar-refractivity contribution in [1.29, 1.82) is 0 Å². The lowest BCUT2D eigenvalue weighted by molar-refractivity contribution is -0.167. The number of ether oxygens (including phenoxy) is 4. The summed E-state index contributed by atoms with van der Waals surface area (Å²) in [5.41, 5.74) is 0.242. The van der Waals surface area contributed by atoms with Crippen LogP contribution in [0.2, 0.25) is 0 Å². The van der Waals surface area contributed by atoms with Crippen LogP contribution in [0.25, 0.3) is 10.9 Å².